The Morgan fingerprint density at radius 3 is 2.41 bits per heavy atom. The highest BCUT2D eigenvalue weighted by Gasteiger charge is 2.55. The molecule has 0 aromatic rings. The molecule has 2 rings (SSSR count). The molecule has 4 atom stereocenters. The summed E-state index contributed by atoms with van der Waals surface area (Å²) in [7, 11) is 2.19. The van der Waals surface area contributed by atoms with Crippen molar-refractivity contribution in [2.45, 2.75) is 71.3 Å². The van der Waals surface area contributed by atoms with Crippen LogP contribution >= 0.6 is 0 Å². The van der Waals surface area contributed by atoms with Crippen LogP contribution in [-0.2, 0) is 0 Å². The van der Waals surface area contributed by atoms with Gasteiger partial charge in [-0.05, 0) is 50.0 Å². The molecule has 0 aromatic carbocycles. The molecule has 1 N–H and O–H groups in total. The van der Waals surface area contributed by atoms with Crippen molar-refractivity contribution < 1.29 is 0 Å². The molecule has 0 saturated heterocycles. The first-order chi connectivity index (χ1) is 8.31. The van der Waals surface area contributed by atoms with Crippen LogP contribution in [0.4, 0.5) is 0 Å². The predicted octanol–water partition coefficient (Wildman–Crippen LogP) is 4.23. The van der Waals surface area contributed by atoms with Crippen LogP contribution in [0.3, 0.4) is 0 Å². The van der Waals surface area contributed by atoms with E-state index >= 15 is 0 Å². The molecule has 0 aromatic heterocycles. The van der Waals surface area contributed by atoms with Gasteiger partial charge in [0, 0.05) is 6.04 Å². The van der Waals surface area contributed by atoms with Gasteiger partial charge in [-0.3, -0.25) is 0 Å². The minimum absolute atomic E-state index is 0.826. The summed E-state index contributed by atoms with van der Waals surface area (Å²) in [6, 6.07) is 0.826. The first-order valence-electron chi connectivity index (χ1n) is 7.99. The summed E-state index contributed by atoms with van der Waals surface area (Å²) in [5.41, 5.74) is 0. The van der Waals surface area contributed by atoms with Crippen molar-refractivity contribution >= 4 is 0 Å². The summed E-state index contributed by atoms with van der Waals surface area (Å²) in [6.07, 6.45) is 11.6. The number of nitrogens with one attached hydrogen (secondary N) is 1. The van der Waals surface area contributed by atoms with E-state index in [9.17, 15) is 0 Å². The molecule has 100 valence electrons. The van der Waals surface area contributed by atoms with Crippen LogP contribution in [-0.4, -0.2) is 13.1 Å². The lowest BCUT2D eigenvalue weighted by atomic mass is 9.88. The van der Waals surface area contributed by atoms with Gasteiger partial charge >= 0.3 is 0 Å². The van der Waals surface area contributed by atoms with Gasteiger partial charge in [0.25, 0.3) is 0 Å². The second kappa shape index (κ2) is 6.22. The van der Waals surface area contributed by atoms with Crippen LogP contribution in [0.15, 0.2) is 0 Å². The molecule has 0 spiro atoms. The molecule has 17 heavy (non-hydrogen) atoms. The van der Waals surface area contributed by atoms with Crippen LogP contribution in [0.2, 0.25) is 0 Å². The molecule has 2 aliphatic rings. The zero-order valence-corrected chi connectivity index (χ0v) is 12.0. The fraction of sp³-hybridized carbons (Fsp3) is 1.00. The van der Waals surface area contributed by atoms with E-state index in [4.69, 9.17) is 0 Å². The molecule has 0 aliphatic heterocycles. The second-order valence-electron chi connectivity index (χ2n) is 6.38. The van der Waals surface area contributed by atoms with E-state index in [1.807, 2.05) is 0 Å². The SMILES string of the molecule is CCCCC(CC)CC(NC)C1C2CCCC21. The van der Waals surface area contributed by atoms with E-state index in [1.165, 1.54) is 51.4 Å². The lowest BCUT2D eigenvalue weighted by Gasteiger charge is -2.24. The molecule has 1 heteroatoms. The van der Waals surface area contributed by atoms with Gasteiger partial charge in [0.15, 0.2) is 0 Å². The average molecular weight is 237 g/mol. The van der Waals surface area contributed by atoms with E-state index in [-0.39, 0.29) is 0 Å². The molecule has 0 radical (unpaired) electrons. The van der Waals surface area contributed by atoms with Gasteiger partial charge in [0.2, 0.25) is 0 Å². The highest BCUT2D eigenvalue weighted by Crippen LogP contribution is 2.59. The van der Waals surface area contributed by atoms with Crippen molar-refractivity contribution in [2.24, 2.45) is 23.7 Å². The summed E-state index contributed by atoms with van der Waals surface area (Å²) < 4.78 is 0. The zero-order valence-electron chi connectivity index (χ0n) is 12.0. The van der Waals surface area contributed by atoms with Gasteiger partial charge in [-0.1, -0.05) is 46.0 Å². The molecular formula is C16H31N. The molecule has 2 fully saturated rings. The molecule has 0 bridgehead atoms. The predicted molar refractivity (Wildman–Crippen MR) is 75.1 cm³/mol. The Hall–Kier alpha value is -0.0400. The fourth-order valence-corrected chi connectivity index (χ4v) is 4.28. The maximum atomic E-state index is 3.63. The Bertz CT molecular complexity index is 216. The minimum atomic E-state index is 0.826. The van der Waals surface area contributed by atoms with Crippen LogP contribution < -0.4 is 5.32 Å². The van der Waals surface area contributed by atoms with Crippen LogP contribution in [0, 0.1) is 23.7 Å². The summed E-state index contributed by atoms with van der Waals surface area (Å²) in [5.74, 6) is 4.23. The average Bonchev–Trinajstić information content (AvgIpc) is 2.83. The Balaban J connectivity index is 1.78. The monoisotopic (exact) mass is 237 g/mol. The maximum Gasteiger partial charge on any atom is 0.0100 e. The summed E-state index contributed by atoms with van der Waals surface area (Å²) in [4.78, 5) is 0. The lowest BCUT2D eigenvalue weighted by molar-refractivity contribution is 0.317. The van der Waals surface area contributed by atoms with Crippen molar-refractivity contribution in [1.82, 2.24) is 5.32 Å². The van der Waals surface area contributed by atoms with E-state index < -0.39 is 0 Å². The van der Waals surface area contributed by atoms with Crippen molar-refractivity contribution in [3.63, 3.8) is 0 Å². The molecule has 1 nitrogen and oxygen atoms in total. The van der Waals surface area contributed by atoms with Gasteiger partial charge in [-0.25, -0.2) is 0 Å². The second-order valence-corrected chi connectivity index (χ2v) is 6.38. The van der Waals surface area contributed by atoms with Crippen molar-refractivity contribution in [3.8, 4) is 0 Å². The van der Waals surface area contributed by atoms with Crippen LogP contribution in [0.1, 0.15) is 65.2 Å². The Morgan fingerprint density at radius 1 is 1.18 bits per heavy atom. The van der Waals surface area contributed by atoms with E-state index in [0.717, 1.165) is 29.7 Å². The Labute approximate surface area is 108 Å². The smallest absolute Gasteiger partial charge is 0.0100 e. The van der Waals surface area contributed by atoms with Crippen LogP contribution in [0.5, 0.6) is 0 Å². The highest BCUT2D eigenvalue weighted by molar-refractivity contribution is 5.06. The number of rotatable bonds is 8. The first kappa shape index (κ1) is 13.4. The van der Waals surface area contributed by atoms with Gasteiger partial charge in [-0.2, -0.15) is 0 Å². The minimum Gasteiger partial charge on any atom is -0.317 e. The molecule has 0 amide bonds. The first-order valence-corrected chi connectivity index (χ1v) is 7.99. The molecular weight excluding hydrogens is 206 g/mol. The normalized spacial score (nSPS) is 34.4. The zero-order chi connectivity index (χ0) is 12.3. The lowest BCUT2D eigenvalue weighted by Crippen LogP contribution is -2.31. The van der Waals surface area contributed by atoms with Crippen molar-refractivity contribution in [3.05, 3.63) is 0 Å². The van der Waals surface area contributed by atoms with Crippen LogP contribution in [0.25, 0.3) is 0 Å². The standard InChI is InChI=1S/C16H31N/c1-4-6-8-12(5-2)11-15(17-3)16-13-9-7-10-14(13)16/h12-17H,4-11H2,1-3H3. The van der Waals surface area contributed by atoms with Gasteiger partial charge in [-0.15, -0.1) is 0 Å². The quantitative estimate of drug-likeness (QED) is 0.666. The maximum absolute atomic E-state index is 3.63. The molecule has 4 unspecified atom stereocenters. The number of hydrogen-bond donors (Lipinski definition) is 1. The Morgan fingerprint density at radius 2 is 1.88 bits per heavy atom. The third kappa shape index (κ3) is 3.05. The van der Waals surface area contributed by atoms with Crippen molar-refractivity contribution in [2.75, 3.05) is 7.05 Å². The molecule has 2 aliphatic carbocycles. The number of hydrogen-bond acceptors (Lipinski definition) is 1. The van der Waals surface area contributed by atoms with E-state index in [1.54, 1.807) is 0 Å². The Kier molecular flexibility index (Phi) is 4.90. The van der Waals surface area contributed by atoms with Gasteiger partial charge in [0.05, 0.1) is 0 Å². The van der Waals surface area contributed by atoms with Gasteiger partial charge in [0.1, 0.15) is 0 Å². The topological polar surface area (TPSA) is 12.0 Å². The highest BCUT2D eigenvalue weighted by atomic mass is 14.9. The third-order valence-corrected chi connectivity index (χ3v) is 5.44. The molecule has 2 saturated carbocycles. The summed E-state index contributed by atoms with van der Waals surface area (Å²) in [5, 5.41) is 3.63. The van der Waals surface area contributed by atoms with E-state index in [2.05, 4.69) is 26.2 Å². The number of fused-ring (bicyclic) bond motifs is 1. The van der Waals surface area contributed by atoms with E-state index in [0.29, 0.717) is 0 Å². The third-order valence-electron chi connectivity index (χ3n) is 5.44. The fourth-order valence-electron chi connectivity index (χ4n) is 4.28. The molecule has 0 heterocycles. The van der Waals surface area contributed by atoms with Crippen molar-refractivity contribution in [1.29, 1.82) is 0 Å². The van der Waals surface area contributed by atoms with Gasteiger partial charge < -0.3 is 5.32 Å². The number of unbranched alkanes of at least 4 members (excludes halogenated alkanes) is 1. The largest absolute Gasteiger partial charge is 0.317 e. The summed E-state index contributed by atoms with van der Waals surface area (Å²) in [6.45, 7) is 4.69. The summed E-state index contributed by atoms with van der Waals surface area (Å²) >= 11 is 0.